The van der Waals surface area contributed by atoms with Gasteiger partial charge in [-0.05, 0) is 89.5 Å². The maximum atomic E-state index is 13.6. The SMILES string of the molecule is CC(C)CCNC(=O)[C@@H](Cc1ccccc1)NC(=O)CNC(=O)C(C)(CC(C)(CC(C)C)C(=O)NCC(C)O)C(C)C.COC1C(OC(=O)NCCOCCOCCNC(=O)CNC(C)=O)CC[C@]2(CO2)C1[C@@]1(C)O[C@@H]1CC=C(C)C. The zero-order valence-corrected chi connectivity index (χ0v) is 51.1. The molecule has 3 aliphatic rings. The molecule has 4 rings (SSSR count). The zero-order chi connectivity index (χ0) is 60.6. The Labute approximate surface area is 482 Å². The lowest BCUT2D eigenvalue weighted by Gasteiger charge is -2.42. The van der Waals surface area contributed by atoms with Gasteiger partial charge in [0.25, 0.3) is 0 Å². The molecule has 460 valence electrons. The van der Waals surface area contributed by atoms with Crippen LogP contribution >= 0.6 is 0 Å². The summed E-state index contributed by atoms with van der Waals surface area (Å²) < 4.78 is 34.7. The van der Waals surface area contributed by atoms with Gasteiger partial charge in [-0.3, -0.25) is 28.8 Å². The van der Waals surface area contributed by atoms with Crippen LogP contribution in [0.4, 0.5) is 4.79 Å². The van der Waals surface area contributed by atoms with Crippen LogP contribution in [0.15, 0.2) is 42.0 Å². The summed E-state index contributed by atoms with van der Waals surface area (Å²) in [5, 5.41) is 28.8. The first kappa shape index (κ1) is 70.1. The second kappa shape index (κ2) is 33.8. The molecule has 3 fully saturated rings. The Morgan fingerprint density at radius 3 is 1.98 bits per heavy atom. The third-order valence-electron chi connectivity index (χ3n) is 15.3. The van der Waals surface area contributed by atoms with Gasteiger partial charge < -0.3 is 70.7 Å². The number of hydrogen-bond acceptors (Lipinski definition) is 14. The van der Waals surface area contributed by atoms with Crippen molar-refractivity contribution in [3.8, 4) is 0 Å². The Kier molecular flexibility index (Phi) is 29.2. The van der Waals surface area contributed by atoms with Gasteiger partial charge in [-0.15, -0.1) is 0 Å². The van der Waals surface area contributed by atoms with Crippen molar-refractivity contribution in [2.45, 2.75) is 177 Å². The van der Waals surface area contributed by atoms with E-state index in [-0.39, 0.29) is 96.8 Å². The summed E-state index contributed by atoms with van der Waals surface area (Å²) in [5.74, 6) is -1.31. The molecule has 0 aromatic heterocycles. The van der Waals surface area contributed by atoms with E-state index in [0.29, 0.717) is 77.8 Å². The lowest BCUT2D eigenvalue weighted by molar-refractivity contribution is -0.142. The lowest BCUT2D eigenvalue weighted by Crippen LogP contribution is -2.56. The van der Waals surface area contributed by atoms with Crippen molar-refractivity contribution in [2.75, 3.05) is 79.4 Å². The number of ether oxygens (including phenoxy) is 6. The fourth-order valence-electron chi connectivity index (χ4n) is 10.6. The van der Waals surface area contributed by atoms with Crippen LogP contribution in [0.2, 0.25) is 0 Å². The van der Waals surface area contributed by atoms with E-state index in [1.807, 2.05) is 71.9 Å². The first-order chi connectivity index (χ1) is 38.1. The van der Waals surface area contributed by atoms with Crippen molar-refractivity contribution in [3.05, 3.63) is 47.5 Å². The number of aliphatic hydroxyl groups is 1. The van der Waals surface area contributed by atoms with Gasteiger partial charge >= 0.3 is 6.09 Å². The predicted molar refractivity (Wildman–Crippen MR) is 308 cm³/mol. The fraction of sp³-hybridized carbons (Fsp3) is 0.750. The van der Waals surface area contributed by atoms with E-state index >= 15 is 0 Å². The first-order valence-electron chi connectivity index (χ1n) is 29.1. The first-order valence-corrected chi connectivity index (χ1v) is 29.1. The van der Waals surface area contributed by atoms with Crippen LogP contribution in [0.5, 0.6) is 0 Å². The van der Waals surface area contributed by atoms with Crippen molar-refractivity contribution in [1.29, 1.82) is 0 Å². The van der Waals surface area contributed by atoms with Crippen LogP contribution in [0.3, 0.4) is 0 Å². The number of epoxide rings is 2. The lowest BCUT2D eigenvalue weighted by atomic mass is 9.64. The second-order valence-corrected chi connectivity index (χ2v) is 24.2. The molecule has 1 saturated carbocycles. The quantitative estimate of drug-likeness (QED) is 0.0265. The molecule has 1 spiro atoms. The molecular formula is C60H101N7O14. The van der Waals surface area contributed by atoms with E-state index in [4.69, 9.17) is 28.4 Å². The number of nitrogens with one attached hydrogen (secondary N) is 7. The largest absolute Gasteiger partial charge is 0.443 e. The summed E-state index contributed by atoms with van der Waals surface area (Å²) in [7, 11) is 1.65. The van der Waals surface area contributed by atoms with Gasteiger partial charge in [-0.1, -0.05) is 97.4 Å². The highest BCUT2D eigenvalue weighted by Gasteiger charge is 2.72. The highest BCUT2D eigenvalue weighted by atomic mass is 16.6. The number of carbonyl (C=O) groups is 7. The minimum Gasteiger partial charge on any atom is -0.443 e. The number of allylic oxidation sites excluding steroid dienone is 1. The van der Waals surface area contributed by atoms with E-state index in [9.17, 15) is 38.7 Å². The van der Waals surface area contributed by atoms with Crippen LogP contribution in [-0.2, 0) is 63.6 Å². The van der Waals surface area contributed by atoms with E-state index < -0.39 is 41.1 Å². The molecule has 0 bridgehead atoms. The van der Waals surface area contributed by atoms with Crippen LogP contribution in [0.1, 0.15) is 134 Å². The average Bonchev–Trinajstić information content (AvgIpc) is 2.74. The summed E-state index contributed by atoms with van der Waals surface area (Å²) in [5.41, 5.74) is -0.291. The van der Waals surface area contributed by atoms with E-state index in [0.717, 1.165) is 24.8 Å². The topological polar surface area (TPSA) is 286 Å². The molecule has 10 atom stereocenters. The van der Waals surface area contributed by atoms with Crippen LogP contribution < -0.4 is 37.2 Å². The molecular weight excluding hydrogens is 1040 g/mol. The number of aliphatic hydroxyl groups excluding tert-OH is 1. The van der Waals surface area contributed by atoms with Crippen molar-refractivity contribution < 1.29 is 67.1 Å². The highest BCUT2D eigenvalue weighted by Crippen LogP contribution is 2.59. The summed E-state index contributed by atoms with van der Waals surface area (Å²) in [6.45, 7) is 27.9. The second-order valence-electron chi connectivity index (χ2n) is 24.2. The van der Waals surface area contributed by atoms with Crippen LogP contribution in [-0.4, -0.2) is 168 Å². The Morgan fingerprint density at radius 2 is 1.42 bits per heavy atom. The molecule has 6 unspecified atom stereocenters. The maximum Gasteiger partial charge on any atom is 0.407 e. The van der Waals surface area contributed by atoms with Gasteiger partial charge in [-0.2, -0.15) is 0 Å². The smallest absolute Gasteiger partial charge is 0.407 e. The van der Waals surface area contributed by atoms with Crippen LogP contribution in [0.25, 0.3) is 0 Å². The normalized spacial score (nSPS) is 23.0. The van der Waals surface area contributed by atoms with Gasteiger partial charge in [0.15, 0.2) is 0 Å². The van der Waals surface area contributed by atoms with Crippen molar-refractivity contribution in [1.82, 2.24) is 37.2 Å². The summed E-state index contributed by atoms with van der Waals surface area (Å²) in [4.78, 5) is 87.7. The molecule has 0 radical (unpaired) electrons. The Balaban J connectivity index is 0.000000426. The minimum absolute atomic E-state index is 0.0222. The van der Waals surface area contributed by atoms with Crippen molar-refractivity contribution in [2.24, 2.45) is 34.5 Å². The molecule has 2 aliphatic heterocycles. The summed E-state index contributed by atoms with van der Waals surface area (Å²) in [6.07, 6.45) is 4.66. The van der Waals surface area contributed by atoms with Gasteiger partial charge in [-0.25, -0.2) is 4.79 Å². The molecule has 2 saturated heterocycles. The number of alkyl carbamates (subject to hydrolysis) is 1. The van der Waals surface area contributed by atoms with Gasteiger partial charge in [0.2, 0.25) is 35.4 Å². The molecule has 81 heavy (non-hydrogen) atoms. The number of carbonyl (C=O) groups excluding carboxylic acids is 7. The van der Waals surface area contributed by atoms with E-state index in [1.54, 1.807) is 14.0 Å². The number of hydrogen-bond donors (Lipinski definition) is 8. The highest BCUT2D eigenvalue weighted by molar-refractivity contribution is 5.92. The third-order valence-corrected chi connectivity index (χ3v) is 15.3. The summed E-state index contributed by atoms with van der Waals surface area (Å²) in [6, 6.07) is 8.69. The fourth-order valence-corrected chi connectivity index (χ4v) is 10.6. The zero-order valence-electron chi connectivity index (χ0n) is 51.1. The van der Waals surface area contributed by atoms with Crippen molar-refractivity contribution >= 4 is 41.5 Å². The number of amides is 7. The van der Waals surface area contributed by atoms with Gasteiger partial charge in [0.05, 0.1) is 64.2 Å². The molecule has 1 aliphatic carbocycles. The average molecular weight is 1140 g/mol. The van der Waals surface area contributed by atoms with Crippen molar-refractivity contribution in [3.63, 3.8) is 0 Å². The number of methoxy groups -OCH3 is 1. The van der Waals surface area contributed by atoms with E-state index in [2.05, 4.69) is 77.9 Å². The Hall–Kier alpha value is -5.19. The maximum absolute atomic E-state index is 13.6. The molecule has 1 aromatic rings. The third kappa shape index (κ3) is 23.9. The van der Waals surface area contributed by atoms with E-state index in [1.165, 1.54) is 12.5 Å². The molecule has 21 nitrogen and oxygen atoms in total. The van der Waals surface area contributed by atoms with Gasteiger partial charge in [0, 0.05) is 57.5 Å². The molecule has 2 heterocycles. The predicted octanol–water partition coefficient (Wildman–Crippen LogP) is 4.67. The minimum atomic E-state index is -0.955. The molecule has 7 amide bonds. The number of benzene rings is 1. The monoisotopic (exact) mass is 1140 g/mol. The standard InChI is InChI=1S/C33H56N4O5.C27H45N3O9/c1-22(2)15-16-34-29(40)27(17-26-13-11-10-12-14-26)37-28(39)20-36-31(42)33(9,24(5)6)21-32(8,18-23(3)4)30(41)35-19-25(7)38;1-18(2)6-7-21-26(4,39-21)24-23(34-5)20(8-9-27(24)17-37-27)38-25(33)29-11-13-36-15-14-35-12-10-28-22(32)16-30-19(3)31/h10-14,22-25,27,38H,15-21H2,1-9H3,(H,34,40)(H,35,41)(H,36,42)(H,37,39);6,20-21,23-24H,7-17H2,1-5H3,(H,28,32)(H,29,33)(H,30,31)/t25?,27-,32?,33?;20?,21-,23?,24?,26+,27+/m11/s1. The number of rotatable bonds is 34. The molecule has 21 heteroatoms. The Morgan fingerprint density at radius 1 is 0.790 bits per heavy atom. The van der Waals surface area contributed by atoms with Gasteiger partial charge in [0.1, 0.15) is 29.5 Å². The molecule has 8 N–H and O–H groups in total. The Bertz CT molecular complexity index is 2190. The summed E-state index contributed by atoms with van der Waals surface area (Å²) >= 11 is 0. The van der Waals surface area contributed by atoms with Crippen LogP contribution in [0, 0.1) is 34.5 Å². The molecule has 1 aromatic carbocycles.